The van der Waals surface area contributed by atoms with Gasteiger partial charge in [0.25, 0.3) is 0 Å². The van der Waals surface area contributed by atoms with Crippen molar-refractivity contribution in [2.75, 3.05) is 13.6 Å². The van der Waals surface area contributed by atoms with Gasteiger partial charge in [0, 0.05) is 24.8 Å². The fourth-order valence-electron chi connectivity index (χ4n) is 2.61. The summed E-state index contributed by atoms with van der Waals surface area (Å²) in [7, 11) is 2.02. The predicted octanol–water partition coefficient (Wildman–Crippen LogP) is 2.97. The molecule has 0 fully saturated rings. The molecule has 0 spiro atoms. The van der Waals surface area contributed by atoms with Crippen LogP contribution in [0.3, 0.4) is 0 Å². The minimum Gasteiger partial charge on any atom is -0.329 e. The van der Waals surface area contributed by atoms with Gasteiger partial charge in [-0.2, -0.15) is 0 Å². The van der Waals surface area contributed by atoms with Gasteiger partial charge in [0.2, 0.25) is 0 Å². The summed E-state index contributed by atoms with van der Waals surface area (Å²) in [6.07, 6.45) is 0. The molecule has 1 aromatic heterocycles. The van der Waals surface area contributed by atoms with Crippen LogP contribution in [-0.4, -0.2) is 23.5 Å². The van der Waals surface area contributed by atoms with E-state index in [1.807, 2.05) is 45.2 Å². The third-order valence-electron chi connectivity index (χ3n) is 3.70. The van der Waals surface area contributed by atoms with Crippen molar-refractivity contribution in [3.8, 4) is 0 Å². The van der Waals surface area contributed by atoms with E-state index in [9.17, 15) is 4.39 Å². The SMILES string of the molecule is Cc1cccc(CN(C)C(CN)c2ccc(F)cc2C)n1. The Morgan fingerprint density at radius 1 is 1.24 bits per heavy atom. The predicted molar refractivity (Wildman–Crippen MR) is 83.4 cm³/mol. The molecule has 2 aromatic rings. The maximum Gasteiger partial charge on any atom is 0.123 e. The Kier molecular flexibility index (Phi) is 5.04. The number of halogens is 1. The van der Waals surface area contributed by atoms with Crippen LogP contribution in [0.15, 0.2) is 36.4 Å². The zero-order valence-corrected chi connectivity index (χ0v) is 12.8. The van der Waals surface area contributed by atoms with E-state index in [0.717, 1.165) is 22.5 Å². The summed E-state index contributed by atoms with van der Waals surface area (Å²) < 4.78 is 13.3. The van der Waals surface area contributed by atoms with Crippen LogP contribution in [0.2, 0.25) is 0 Å². The number of benzene rings is 1. The Labute approximate surface area is 125 Å². The fraction of sp³-hybridized carbons (Fsp3) is 0.353. The molecule has 1 aromatic carbocycles. The molecule has 0 aliphatic rings. The molecule has 0 aliphatic heterocycles. The summed E-state index contributed by atoms with van der Waals surface area (Å²) in [5.74, 6) is -0.213. The maximum absolute atomic E-state index is 13.3. The Balaban J connectivity index is 2.20. The minimum atomic E-state index is -0.213. The second kappa shape index (κ2) is 6.78. The van der Waals surface area contributed by atoms with Crippen molar-refractivity contribution in [1.82, 2.24) is 9.88 Å². The number of hydrogen-bond acceptors (Lipinski definition) is 3. The Morgan fingerprint density at radius 2 is 2.00 bits per heavy atom. The standard InChI is InChI=1S/C17H22FN3/c1-12-9-14(18)7-8-16(12)17(10-19)21(3)11-15-6-4-5-13(2)20-15/h4-9,17H,10-11,19H2,1-3H3. The Hall–Kier alpha value is -1.78. The zero-order valence-electron chi connectivity index (χ0n) is 12.8. The van der Waals surface area contributed by atoms with Gasteiger partial charge in [-0.25, -0.2) is 4.39 Å². The number of aromatic nitrogens is 1. The summed E-state index contributed by atoms with van der Waals surface area (Å²) in [6, 6.07) is 10.9. The lowest BCUT2D eigenvalue weighted by molar-refractivity contribution is 0.238. The summed E-state index contributed by atoms with van der Waals surface area (Å²) in [4.78, 5) is 6.67. The van der Waals surface area contributed by atoms with E-state index >= 15 is 0 Å². The number of nitrogens with zero attached hydrogens (tertiary/aromatic N) is 2. The van der Waals surface area contributed by atoms with Crippen molar-refractivity contribution < 1.29 is 4.39 Å². The van der Waals surface area contributed by atoms with Crippen molar-refractivity contribution in [1.29, 1.82) is 0 Å². The number of pyridine rings is 1. The molecule has 0 saturated carbocycles. The number of aryl methyl sites for hydroxylation is 2. The smallest absolute Gasteiger partial charge is 0.123 e. The second-order valence-electron chi connectivity index (χ2n) is 5.44. The topological polar surface area (TPSA) is 42.1 Å². The highest BCUT2D eigenvalue weighted by Gasteiger charge is 2.18. The molecule has 21 heavy (non-hydrogen) atoms. The van der Waals surface area contributed by atoms with Gasteiger partial charge in [-0.05, 0) is 56.3 Å². The van der Waals surface area contributed by atoms with Crippen LogP contribution in [-0.2, 0) is 6.54 Å². The molecular weight excluding hydrogens is 265 g/mol. The molecular formula is C17H22FN3. The quantitative estimate of drug-likeness (QED) is 0.919. The molecule has 3 nitrogen and oxygen atoms in total. The highest BCUT2D eigenvalue weighted by Crippen LogP contribution is 2.23. The molecule has 1 unspecified atom stereocenters. The molecule has 2 N–H and O–H groups in total. The molecule has 0 amide bonds. The van der Waals surface area contributed by atoms with E-state index < -0.39 is 0 Å². The summed E-state index contributed by atoms with van der Waals surface area (Å²) in [6.45, 7) is 5.09. The first-order valence-corrected chi connectivity index (χ1v) is 7.10. The van der Waals surface area contributed by atoms with E-state index in [4.69, 9.17) is 5.73 Å². The summed E-state index contributed by atoms with van der Waals surface area (Å²) in [5, 5.41) is 0. The molecule has 1 atom stereocenters. The normalized spacial score (nSPS) is 12.7. The van der Waals surface area contributed by atoms with Crippen molar-refractivity contribution in [3.05, 3.63) is 64.7 Å². The summed E-state index contributed by atoms with van der Waals surface area (Å²) >= 11 is 0. The van der Waals surface area contributed by atoms with Gasteiger partial charge in [0.05, 0.1) is 5.69 Å². The molecule has 2 rings (SSSR count). The van der Waals surface area contributed by atoms with Gasteiger partial charge in [-0.15, -0.1) is 0 Å². The van der Waals surface area contributed by atoms with Crippen molar-refractivity contribution in [2.45, 2.75) is 26.4 Å². The number of hydrogen-bond donors (Lipinski definition) is 1. The number of rotatable bonds is 5. The summed E-state index contributed by atoms with van der Waals surface area (Å²) in [5.41, 5.74) is 9.94. The largest absolute Gasteiger partial charge is 0.329 e. The zero-order chi connectivity index (χ0) is 15.4. The second-order valence-corrected chi connectivity index (χ2v) is 5.44. The van der Waals surface area contributed by atoms with Crippen LogP contribution in [0.5, 0.6) is 0 Å². The maximum atomic E-state index is 13.3. The van der Waals surface area contributed by atoms with E-state index in [1.165, 1.54) is 6.07 Å². The van der Waals surface area contributed by atoms with Crippen LogP contribution in [0.25, 0.3) is 0 Å². The molecule has 0 saturated heterocycles. The molecule has 0 bridgehead atoms. The van der Waals surface area contributed by atoms with E-state index in [1.54, 1.807) is 6.07 Å². The first-order valence-electron chi connectivity index (χ1n) is 7.10. The van der Waals surface area contributed by atoms with Crippen molar-refractivity contribution >= 4 is 0 Å². The third-order valence-corrected chi connectivity index (χ3v) is 3.70. The van der Waals surface area contributed by atoms with Gasteiger partial charge < -0.3 is 5.73 Å². The first kappa shape index (κ1) is 15.6. The van der Waals surface area contributed by atoms with E-state index in [0.29, 0.717) is 13.1 Å². The Morgan fingerprint density at radius 3 is 2.62 bits per heavy atom. The van der Waals surface area contributed by atoms with Gasteiger partial charge in [-0.3, -0.25) is 9.88 Å². The van der Waals surface area contributed by atoms with Crippen LogP contribution < -0.4 is 5.73 Å². The lowest BCUT2D eigenvalue weighted by Gasteiger charge is -2.28. The van der Waals surface area contributed by atoms with Gasteiger partial charge in [0.1, 0.15) is 5.82 Å². The molecule has 112 valence electrons. The highest BCUT2D eigenvalue weighted by atomic mass is 19.1. The third kappa shape index (κ3) is 3.86. The van der Waals surface area contributed by atoms with Gasteiger partial charge in [-0.1, -0.05) is 12.1 Å². The highest BCUT2D eigenvalue weighted by molar-refractivity contribution is 5.30. The average Bonchev–Trinajstić information content (AvgIpc) is 2.42. The molecule has 4 heteroatoms. The number of likely N-dealkylation sites (N-methyl/N-ethyl adjacent to an activating group) is 1. The number of nitrogens with two attached hydrogens (primary N) is 1. The molecule has 1 heterocycles. The van der Waals surface area contributed by atoms with Crippen LogP contribution >= 0.6 is 0 Å². The van der Waals surface area contributed by atoms with Crippen LogP contribution in [0.4, 0.5) is 4.39 Å². The van der Waals surface area contributed by atoms with Crippen LogP contribution in [0.1, 0.15) is 28.6 Å². The fourth-order valence-corrected chi connectivity index (χ4v) is 2.61. The van der Waals surface area contributed by atoms with Gasteiger partial charge in [0.15, 0.2) is 0 Å². The van der Waals surface area contributed by atoms with Gasteiger partial charge >= 0.3 is 0 Å². The van der Waals surface area contributed by atoms with Crippen molar-refractivity contribution in [3.63, 3.8) is 0 Å². The molecule has 0 radical (unpaired) electrons. The van der Waals surface area contributed by atoms with Crippen LogP contribution in [0, 0.1) is 19.7 Å². The average molecular weight is 287 g/mol. The Bertz CT molecular complexity index is 613. The van der Waals surface area contributed by atoms with E-state index in [-0.39, 0.29) is 11.9 Å². The monoisotopic (exact) mass is 287 g/mol. The lowest BCUT2D eigenvalue weighted by atomic mass is 10.00. The molecule has 0 aliphatic carbocycles. The van der Waals surface area contributed by atoms with E-state index in [2.05, 4.69) is 9.88 Å². The van der Waals surface area contributed by atoms with Crippen molar-refractivity contribution in [2.24, 2.45) is 5.73 Å². The lowest BCUT2D eigenvalue weighted by Crippen LogP contribution is -2.31. The first-order chi connectivity index (χ1) is 10.0. The minimum absolute atomic E-state index is 0.0490.